The molecule has 0 spiro atoms. The molecule has 0 aliphatic heterocycles. The van der Waals surface area contributed by atoms with Gasteiger partial charge in [0.05, 0.1) is 5.75 Å². The molecule has 1 N–H and O–H groups in total. The second-order valence-electron chi connectivity index (χ2n) is 8.43. The topological polar surface area (TPSA) is 63.2 Å². The van der Waals surface area contributed by atoms with Gasteiger partial charge in [0.1, 0.15) is 5.25 Å². The van der Waals surface area contributed by atoms with Crippen molar-refractivity contribution in [1.82, 2.24) is 5.32 Å². The van der Waals surface area contributed by atoms with Crippen molar-refractivity contribution in [1.29, 1.82) is 0 Å². The smallest absolute Gasteiger partial charge is 0.238 e. The fourth-order valence-corrected chi connectivity index (χ4v) is 4.11. The highest BCUT2D eigenvalue weighted by molar-refractivity contribution is 7.92. The molecule has 0 bridgehead atoms. The van der Waals surface area contributed by atoms with E-state index in [0.717, 1.165) is 16.7 Å². The zero-order valence-electron chi connectivity index (χ0n) is 16.9. The number of nitrogens with one attached hydrogen (secondary N) is 1. The average molecular weight is 368 g/mol. The molecule has 1 unspecified atom stereocenters. The van der Waals surface area contributed by atoms with Gasteiger partial charge in [-0.05, 0) is 54.4 Å². The number of sulfone groups is 1. The van der Waals surface area contributed by atoms with Crippen molar-refractivity contribution in [2.24, 2.45) is 5.92 Å². The van der Waals surface area contributed by atoms with Crippen LogP contribution in [0, 0.1) is 19.8 Å². The van der Waals surface area contributed by atoms with Crippen LogP contribution in [0.5, 0.6) is 0 Å². The Morgan fingerprint density at radius 1 is 1.08 bits per heavy atom. The molecule has 0 aliphatic carbocycles. The van der Waals surface area contributed by atoms with E-state index in [1.807, 2.05) is 27.7 Å². The van der Waals surface area contributed by atoms with Crippen LogP contribution in [0.25, 0.3) is 0 Å². The second kappa shape index (κ2) is 7.90. The fourth-order valence-electron chi connectivity index (χ4n) is 2.59. The van der Waals surface area contributed by atoms with Crippen LogP contribution >= 0.6 is 0 Å². The number of carbonyl (C=O) groups is 1. The number of carbonyl (C=O) groups excluding carboxylic acids is 1. The van der Waals surface area contributed by atoms with E-state index in [2.05, 4.69) is 38.2 Å². The van der Waals surface area contributed by atoms with E-state index in [4.69, 9.17) is 0 Å². The van der Waals surface area contributed by atoms with E-state index in [0.29, 0.717) is 6.54 Å². The maximum absolute atomic E-state index is 12.7. The molecule has 0 aliphatic rings. The molecule has 142 valence electrons. The average Bonchev–Trinajstić information content (AvgIpc) is 2.46. The van der Waals surface area contributed by atoms with Crippen molar-refractivity contribution in [3.05, 3.63) is 34.4 Å². The minimum Gasteiger partial charge on any atom is -0.355 e. The van der Waals surface area contributed by atoms with Gasteiger partial charge in [-0.3, -0.25) is 4.79 Å². The summed E-state index contributed by atoms with van der Waals surface area (Å²) >= 11 is 0. The summed E-state index contributed by atoms with van der Waals surface area (Å²) in [5.41, 5.74) is 3.92. The van der Waals surface area contributed by atoms with Gasteiger partial charge < -0.3 is 5.32 Å². The van der Waals surface area contributed by atoms with Crippen molar-refractivity contribution in [3.8, 4) is 0 Å². The van der Waals surface area contributed by atoms with Crippen LogP contribution in [0.2, 0.25) is 0 Å². The maximum Gasteiger partial charge on any atom is 0.238 e. The molecular formula is C20H33NO3S. The van der Waals surface area contributed by atoms with Gasteiger partial charge in [0.2, 0.25) is 5.91 Å². The SMILES string of the molecule is Cc1cc(C(C)(C)C)cc(C)c1CS(=O)(=O)C(C)C(=O)NCC(C)C. The Kier molecular flexibility index (Phi) is 6.85. The van der Waals surface area contributed by atoms with Crippen LogP contribution < -0.4 is 5.32 Å². The Morgan fingerprint density at radius 3 is 1.96 bits per heavy atom. The van der Waals surface area contributed by atoms with Gasteiger partial charge in [0.15, 0.2) is 9.84 Å². The molecule has 1 atom stereocenters. The summed E-state index contributed by atoms with van der Waals surface area (Å²) in [4.78, 5) is 12.1. The second-order valence-corrected chi connectivity index (χ2v) is 10.7. The number of amides is 1. The van der Waals surface area contributed by atoms with Gasteiger partial charge in [-0.2, -0.15) is 0 Å². The minimum absolute atomic E-state index is 0.0109. The summed E-state index contributed by atoms with van der Waals surface area (Å²) in [5.74, 6) is -0.241. The molecule has 0 fully saturated rings. The molecule has 1 amide bonds. The van der Waals surface area contributed by atoms with E-state index in [9.17, 15) is 13.2 Å². The Balaban J connectivity index is 3.06. The first-order chi connectivity index (χ1) is 11.3. The third-order valence-corrected chi connectivity index (χ3v) is 6.48. The predicted molar refractivity (Wildman–Crippen MR) is 105 cm³/mol. The molecular weight excluding hydrogens is 334 g/mol. The molecule has 4 nitrogen and oxygen atoms in total. The summed E-state index contributed by atoms with van der Waals surface area (Å²) < 4.78 is 25.4. The summed E-state index contributed by atoms with van der Waals surface area (Å²) in [6.45, 7) is 16.2. The van der Waals surface area contributed by atoms with Crippen molar-refractivity contribution < 1.29 is 13.2 Å². The Morgan fingerprint density at radius 2 is 1.56 bits per heavy atom. The summed E-state index contributed by atoms with van der Waals surface area (Å²) in [6, 6.07) is 4.11. The normalized spacial score (nSPS) is 13.8. The van der Waals surface area contributed by atoms with Crippen LogP contribution in [0.1, 0.15) is 63.8 Å². The third-order valence-electron chi connectivity index (χ3n) is 4.50. The van der Waals surface area contributed by atoms with Crippen molar-refractivity contribution in [3.63, 3.8) is 0 Å². The lowest BCUT2D eigenvalue weighted by atomic mass is 9.84. The van der Waals surface area contributed by atoms with E-state index in [-0.39, 0.29) is 17.1 Å². The third kappa shape index (κ3) is 5.84. The van der Waals surface area contributed by atoms with Crippen LogP contribution in [-0.4, -0.2) is 26.1 Å². The Bertz CT molecular complexity index is 705. The number of rotatable bonds is 6. The van der Waals surface area contributed by atoms with Crippen molar-refractivity contribution in [2.45, 2.75) is 71.8 Å². The van der Waals surface area contributed by atoms with Crippen LogP contribution in [0.3, 0.4) is 0 Å². The van der Waals surface area contributed by atoms with Crippen LogP contribution in [0.4, 0.5) is 0 Å². The van der Waals surface area contributed by atoms with Crippen molar-refractivity contribution in [2.75, 3.05) is 6.54 Å². The quantitative estimate of drug-likeness (QED) is 0.834. The van der Waals surface area contributed by atoms with E-state index in [1.54, 1.807) is 0 Å². The van der Waals surface area contributed by atoms with Gasteiger partial charge in [-0.15, -0.1) is 0 Å². The van der Waals surface area contributed by atoms with Gasteiger partial charge in [0, 0.05) is 6.54 Å². The largest absolute Gasteiger partial charge is 0.355 e. The monoisotopic (exact) mass is 367 g/mol. The highest BCUT2D eigenvalue weighted by atomic mass is 32.2. The van der Waals surface area contributed by atoms with Crippen LogP contribution in [-0.2, 0) is 25.8 Å². The molecule has 0 heterocycles. The van der Waals surface area contributed by atoms with E-state index < -0.39 is 21.0 Å². The fraction of sp³-hybridized carbons (Fsp3) is 0.650. The zero-order chi connectivity index (χ0) is 19.6. The molecule has 1 aromatic carbocycles. The number of benzene rings is 1. The van der Waals surface area contributed by atoms with E-state index >= 15 is 0 Å². The Labute approximate surface area is 153 Å². The molecule has 1 aromatic rings. The maximum atomic E-state index is 12.7. The Hall–Kier alpha value is -1.36. The molecule has 0 saturated carbocycles. The molecule has 0 saturated heterocycles. The van der Waals surface area contributed by atoms with Gasteiger partial charge in [-0.1, -0.05) is 46.8 Å². The first-order valence-electron chi connectivity index (χ1n) is 8.85. The molecule has 5 heteroatoms. The first-order valence-corrected chi connectivity index (χ1v) is 10.6. The van der Waals surface area contributed by atoms with Crippen LogP contribution in [0.15, 0.2) is 12.1 Å². The number of hydrogen-bond donors (Lipinski definition) is 1. The highest BCUT2D eigenvalue weighted by Gasteiger charge is 2.29. The molecule has 0 radical (unpaired) electrons. The summed E-state index contributed by atoms with van der Waals surface area (Å²) in [7, 11) is -3.57. The highest BCUT2D eigenvalue weighted by Crippen LogP contribution is 2.28. The number of hydrogen-bond acceptors (Lipinski definition) is 3. The number of aryl methyl sites for hydroxylation is 2. The summed E-state index contributed by atoms with van der Waals surface area (Å²) in [5, 5.41) is 1.67. The van der Waals surface area contributed by atoms with Gasteiger partial charge in [0.25, 0.3) is 0 Å². The standard InChI is InChI=1S/C20H33NO3S/c1-13(2)11-21-19(22)16(5)25(23,24)12-18-14(3)9-17(10-15(18)4)20(6,7)8/h9-10,13,16H,11-12H2,1-8H3,(H,21,22). The van der Waals surface area contributed by atoms with Gasteiger partial charge >= 0.3 is 0 Å². The summed E-state index contributed by atoms with van der Waals surface area (Å²) in [6.07, 6.45) is 0. The lowest BCUT2D eigenvalue weighted by molar-refractivity contribution is -0.120. The zero-order valence-corrected chi connectivity index (χ0v) is 17.7. The molecule has 0 aromatic heterocycles. The molecule has 1 rings (SSSR count). The van der Waals surface area contributed by atoms with Crippen molar-refractivity contribution >= 4 is 15.7 Å². The lowest BCUT2D eigenvalue weighted by Crippen LogP contribution is -2.40. The predicted octanol–water partition coefficient (Wildman–Crippen LogP) is 3.68. The lowest BCUT2D eigenvalue weighted by Gasteiger charge is -2.23. The first kappa shape index (κ1) is 21.7. The molecule has 25 heavy (non-hydrogen) atoms. The van der Waals surface area contributed by atoms with E-state index in [1.165, 1.54) is 12.5 Å². The van der Waals surface area contributed by atoms with Gasteiger partial charge in [-0.25, -0.2) is 8.42 Å². The minimum atomic E-state index is -3.57.